The molecular weight excluding hydrogens is 394 g/mol. The minimum absolute atomic E-state index is 0.0221. The number of anilines is 1. The Labute approximate surface area is 163 Å². The van der Waals surface area contributed by atoms with Crippen molar-refractivity contribution in [2.24, 2.45) is 5.11 Å². The van der Waals surface area contributed by atoms with Gasteiger partial charge in [0.1, 0.15) is 16.5 Å². The first kappa shape index (κ1) is 19.7. The molecule has 0 unspecified atom stereocenters. The molecule has 0 spiro atoms. The lowest BCUT2D eigenvalue weighted by Crippen LogP contribution is -2.35. The zero-order valence-corrected chi connectivity index (χ0v) is 15.3. The van der Waals surface area contributed by atoms with E-state index in [4.69, 9.17) is 17.1 Å². The molecule has 3 N–H and O–H groups in total. The van der Waals surface area contributed by atoms with Gasteiger partial charge in [-0.1, -0.05) is 29.8 Å². The quantitative estimate of drug-likeness (QED) is 0.607. The van der Waals surface area contributed by atoms with Crippen LogP contribution in [0.1, 0.15) is 12.0 Å². The maximum absolute atomic E-state index is 12.5. The van der Waals surface area contributed by atoms with Crippen molar-refractivity contribution in [1.82, 2.24) is 15.5 Å². The summed E-state index contributed by atoms with van der Waals surface area (Å²) in [5.41, 5.74) is 9.15. The van der Waals surface area contributed by atoms with Crippen LogP contribution in [0.2, 0.25) is 5.02 Å². The molecule has 0 amide bonds. The third-order valence-corrected chi connectivity index (χ3v) is 4.62. The molecule has 2 heterocycles. The molecular formula is C17H17ClF2N6O2. The lowest BCUT2D eigenvalue weighted by atomic mass is 10.1. The average Bonchev–Trinajstić information content (AvgIpc) is 2.69. The molecule has 8 nitrogen and oxygen atoms in total. The highest BCUT2D eigenvalue weighted by atomic mass is 35.5. The fraction of sp³-hybridized carbons (Fsp3) is 0.294. The van der Waals surface area contributed by atoms with Crippen LogP contribution >= 0.6 is 11.6 Å². The summed E-state index contributed by atoms with van der Waals surface area (Å²) in [6, 6.07) is 6.49. The number of alkyl halides is 2. The number of nitrogens with one attached hydrogen (secondary N) is 3. The smallest absolute Gasteiger partial charge is 0.387 e. The van der Waals surface area contributed by atoms with E-state index in [1.165, 1.54) is 12.3 Å². The predicted molar refractivity (Wildman–Crippen MR) is 98.8 cm³/mol. The zero-order valence-electron chi connectivity index (χ0n) is 14.6. The Balaban J connectivity index is 1.75. The van der Waals surface area contributed by atoms with E-state index in [1.54, 1.807) is 23.1 Å². The van der Waals surface area contributed by atoms with Crippen molar-refractivity contribution < 1.29 is 13.5 Å². The third kappa shape index (κ3) is 4.45. The summed E-state index contributed by atoms with van der Waals surface area (Å²) >= 11 is 6.04. The topological polar surface area (TPSA) is 106 Å². The Hall–Kier alpha value is -3.01. The lowest BCUT2D eigenvalue weighted by Gasteiger charge is -2.31. The van der Waals surface area contributed by atoms with E-state index in [2.05, 4.69) is 25.4 Å². The number of hydrogen-bond donors (Lipinski definition) is 3. The molecule has 0 fully saturated rings. The molecule has 28 heavy (non-hydrogen) atoms. The fourth-order valence-electron chi connectivity index (χ4n) is 2.90. The number of aromatic amines is 1. The fourth-order valence-corrected chi connectivity index (χ4v) is 3.11. The van der Waals surface area contributed by atoms with Crippen LogP contribution in [0.15, 0.2) is 51.8 Å². The van der Waals surface area contributed by atoms with Crippen molar-refractivity contribution in [1.29, 1.82) is 5.53 Å². The predicted octanol–water partition coefficient (Wildman–Crippen LogP) is 3.27. The second-order valence-corrected chi connectivity index (χ2v) is 6.32. The van der Waals surface area contributed by atoms with E-state index in [0.717, 1.165) is 0 Å². The first-order valence-electron chi connectivity index (χ1n) is 8.33. The maximum Gasteiger partial charge on any atom is 0.387 e. The van der Waals surface area contributed by atoms with Crippen molar-refractivity contribution in [3.63, 3.8) is 0 Å². The van der Waals surface area contributed by atoms with Gasteiger partial charge in [-0.3, -0.25) is 4.79 Å². The van der Waals surface area contributed by atoms with Crippen LogP contribution in [0.3, 0.4) is 0 Å². The molecule has 1 aromatic carbocycles. The van der Waals surface area contributed by atoms with E-state index < -0.39 is 12.2 Å². The lowest BCUT2D eigenvalue weighted by molar-refractivity contribution is -0.0504. The van der Waals surface area contributed by atoms with E-state index in [1.807, 2.05) is 0 Å². The molecule has 3 rings (SSSR count). The summed E-state index contributed by atoms with van der Waals surface area (Å²) < 4.78 is 29.6. The molecule has 0 atom stereocenters. The summed E-state index contributed by atoms with van der Waals surface area (Å²) in [5.74, 6) is 0.0914. The van der Waals surface area contributed by atoms with Crippen LogP contribution < -0.4 is 20.5 Å². The first-order chi connectivity index (χ1) is 13.5. The molecule has 0 saturated carbocycles. The Morgan fingerprint density at radius 1 is 1.43 bits per heavy atom. The van der Waals surface area contributed by atoms with Crippen LogP contribution in [-0.4, -0.2) is 29.9 Å². The normalized spacial score (nSPS) is 14.4. The van der Waals surface area contributed by atoms with Crippen molar-refractivity contribution in [3.8, 4) is 5.75 Å². The average molecular weight is 411 g/mol. The van der Waals surface area contributed by atoms with Gasteiger partial charge in [0.05, 0.1) is 18.4 Å². The minimum Gasteiger partial charge on any atom is -0.434 e. The Kier molecular flexibility index (Phi) is 6.19. The SMILES string of the molecule is N=NC1=C(NCc2ccccc2OC(F)F)CCN(c2cn[nH]c(=O)c2Cl)C1. The summed E-state index contributed by atoms with van der Waals surface area (Å²) in [6.45, 7) is -1.90. The minimum atomic E-state index is -2.91. The molecule has 2 aromatic rings. The molecule has 0 saturated heterocycles. The highest BCUT2D eigenvalue weighted by Gasteiger charge is 2.22. The van der Waals surface area contributed by atoms with Crippen LogP contribution in [0.5, 0.6) is 5.75 Å². The molecule has 1 aliphatic rings. The number of nitrogens with zero attached hydrogens (tertiary/aromatic N) is 3. The van der Waals surface area contributed by atoms with Crippen LogP contribution in [0.4, 0.5) is 14.5 Å². The number of H-pyrrole nitrogens is 1. The van der Waals surface area contributed by atoms with Gasteiger partial charge in [0.15, 0.2) is 0 Å². The maximum atomic E-state index is 12.5. The second kappa shape index (κ2) is 8.79. The number of para-hydroxylation sites is 1. The summed E-state index contributed by atoms with van der Waals surface area (Å²) in [4.78, 5) is 13.4. The summed E-state index contributed by atoms with van der Waals surface area (Å²) in [6.07, 6.45) is 1.94. The van der Waals surface area contributed by atoms with Gasteiger partial charge in [0, 0.05) is 30.8 Å². The van der Waals surface area contributed by atoms with Crippen LogP contribution in [-0.2, 0) is 6.54 Å². The summed E-state index contributed by atoms with van der Waals surface area (Å²) in [7, 11) is 0. The number of aromatic nitrogens is 2. The van der Waals surface area contributed by atoms with E-state index in [-0.39, 0.29) is 23.9 Å². The van der Waals surface area contributed by atoms with Crippen LogP contribution in [0, 0.1) is 5.53 Å². The number of ether oxygens (including phenoxy) is 1. The van der Waals surface area contributed by atoms with Crippen LogP contribution in [0.25, 0.3) is 0 Å². The Morgan fingerprint density at radius 3 is 2.96 bits per heavy atom. The van der Waals surface area contributed by atoms with Gasteiger partial charge < -0.3 is 15.0 Å². The molecule has 0 aliphatic carbocycles. The largest absolute Gasteiger partial charge is 0.434 e. The highest BCUT2D eigenvalue weighted by molar-refractivity contribution is 6.33. The second-order valence-electron chi connectivity index (χ2n) is 5.95. The van der Waals surface area contributed by atoms with Gasteiger partial charge in [0.2, 0.25) is 0 Å². The van der Waals surface area contributed by atoms with E-state index >= 15 is 0 Å². The van der Waals surface area contributed by atoms with Crippen molar-refractivity contribution in [3.05, 3.63) is 62.8 Å². The highest BCUT2D eigenvalue weighted by Crippen LogP contribution is 2.27. The van der Waals surface area contributed by atoms with Crippen molar-refractivity contribution in [2.45, 2.75) is 19.6 Å². The first-order valence-corrected chi connectivity index (χ1v) is 8.71. The van der Waals surface area contributed by atoms with Gasteiger partial charge in [-0.15, -0.1) is 0 Å². The number of halogens is 3. The van der Waals surface area contributed by atoms with Gasteiger partial charge in [-0.25, -0.2) is 10.6 Å². The number of hydrogen-bond acceptors (Lipinski definition) is 7. The Morgan fingerprint density at radius 2 is 2.21 bits per heavy atom. The van der Waals surface area contributed by atoms with Gasteiger partial charge >= 0.3 is 6.61 Å². The molecule has 0 radical (unpaired) electrons. The molecule has 11 heteroatoms. The van der Waals surface area contributed by atoms with E-state index in [0.29, 0.717) is 35.6 Å². The Bertz CT molecular complexity index is 949. The van der Waals surface area contributed by atoms with Crippen molar-refractivity contribution >= 4 is 17.3 Å². The molecule has 1 aromatic heterocycles. The number of benzene rings is 1. The zero-order chi connectivity index (χ0) is 20.1. The monoisotopic (exact) mass is 410 g/mol. The molecule has 1 aliphatic heterocycles. The third-order valence-electron chi connectivity index (χ3n) is 4.25. The summed E-state index contributed by atoms with van der Waals surface area (Å²) in [5, 5.41) is 12.7. The van der Waals surface area contributed by atoms with E-state index in [9.17, 15) is 13.6 Å². The van der Waals surface area contributed by atoms with Gasteiger partial charge in [-0.2, -0.15) is 19.0 Å². The molecule has 0 bridgehead atoms. The van der Waals surface area contributed by atoms with Gasteiger partial charge in [-0.05, 0) is 6.07 Å². The molecule has 148 valence electrons. The number of rotatable bonds is 7. The van der Waals surface area contributed by atoms with Gasteiger partial charge in [0.25, 0.3) is 5.56 Å². The standard InChI is InChI=1S/C17H17ClF2N6O2/c18-15-13(8-23-25-16(15)27)26-6-5-11(12(9-26)24-21)22-7-10-3-1-2-4-14(10)28-17(19)20/h1-4,8,17,21-22H,5-7,9H2,(H,25,27). The van der Waals surface area contributed by atoms with Crippen molar-refractivity contribution in [2.75, 3.05) is 18.0 Å².